The smallest absolute Gasteiger partial charge is 0.405 e. The van der Waals surface area contributed by atoms with Gasteiger partial charge in [0, 0.05) is 25.2 Å². The zero-order valence-electron chi connectivity index (χ0n) is 9.91. The van der Waals surface area contributed by atoms with E-state index < -0.39 is 12.5 Å². The number of ether oxygens (including phenoxy) is 2. The van der Waals surface area contributed by atoms with Crippen LogP contribution in [0, 0.1) is 0 Å². The lowest BCUT2D eigenvalue weighted by atomic mass is 10.1. The number of halogens is 3. The molecule has 0 saturated heterocycles. The largest absolute Gasteiger partial charge is 0.573 e. The van der Waals surface area contributed by atoms with Gasteiger partial charge in [0.15, 0.2) is 0 Å². The molecule has 102 valence electrons. The highest BCUT2D eigenvalue weighted by atomic mass is 19.4. The molecule has 0 fully saturated rings. The van der Waals surface area contributed by atoms with Gasteiger partial charge in [0.1, 0.15) is 5.75 Å². The average molecular weight is 264 g/mol. The Morgan fingerprint density at radius 2 is 1.94 bits per heavy atom. The van der Waals surface area contributed by atoms with Gasteiger partial charge < -0.3 is 14.6 Å². The highest BCUT2D eigenvalue weighted by Gasteiger charge is 2.32. The van der Waals surface area contributed by atoms with Crippen LogP contribution in [0.25, 0.3) is 0 Å². The van der Waals surface area contributed by atoms with Gasteiger partial charge in [-0.3, -0.25) is 0 Å². The van der Waals surface area contributed by atoms with Crippen LogP contribution in [0.5, 0.6) is 5.75 Å². The molecule has 6 heteroatoms. The molecule has 1 unspecified atom stereocenters. The Labute approximate surface area is 103 Å². The third-order valence-corrected chi connectivity index (χ3v) is 2.24. The van der Waals surface area contributed by atoms with E-state index in [2.05, 4.69) is 4.74 Å². The minimum Gasteiger partial charge on any atom is -0.405 e. The predicted octanol–water partition coefficient (Wildman–Crippen LogP) is 3.05. The van der Waals surface area contributed by atoms with Gasteiger partial charge in [0.05, 0.1) is 6.10 Å². The van der Waals surface area contributed by atoms with Crippen LogP contribution in [-0.4, -0.2) is 24.7 Å². The fourth-order valence-electron chi connectivity index (χ4n) is 1.47. The number of rotatable bonds is 6. The summed E-state index contributed by atoms with van der Waals surface area (Å²) < 4.78 is 45.4. The second-order valence-corrected chi connectivity index (χ2v) is 3.59. The lowest BCUT2D eigenvalue weighted by Gasteiger charge is -2.17. The van der Waals surface area contributed by atoms with Crippen molar-refractivity contribution in [2.45, 2.75) is 25.8 Å². The molecule has 1 aromatic carbocycles. The maximum atomic E-state index is 12.2. The molecular formula is C12H15F3O3. The summed E-state index contributed by atoms with van der Waals surface area (Å²) in [4.78, 5) is 0. The Kier molecular flexibility index (Phi) is 5.43. The molecule has 0 aromatic heterocycles. The number of hydrogen-bond acceptors (Lipinski definition) is 3. The first-order valence-corrected chi connectivity index (χ1v) is 5.54. The van der Waals surface area contributed by atoms with Crippen LogP contribution >= 0.6 is 0 Å². The van der Waals surface area contributed by atoms with Crippen molar-refractivity contribution in [2.24, 2.45) is 0 Å². The maximum absolute atomic E-state index is 12.2. The molecule has 18 heavy (non-hydrogen) atoms. The predicted molar refractivity (Wildman–Crippen MR) is 59.2 cm³/mol. The van der Waals surface area contributed by atoms with Gasteiger partial charge in [-0.2, -0.15) is 0 Å². The van der Waals surface area contributed by atoms with Crippen LogP contribution in [0.15, 0.2) is 24.3 Å². The van der Waals surface area contributed by atoms with Crippen LogP contribution in [0.1, 0.15) is 25.0 Å². The Hall–Kier alpha value is -1.27. The zero-order chi connectivity index (χ0) is 13.6. The van der Waals surface area contributed by atoms with Gasteiger partial charge in [-0.1, -0.05) is 18.2 Å². The van der Waals surface area contributed by atoms with E-state index in [4.69, 9.17) is 4.74 Å². The first-order valence-electron chi connectivity index (χ1n) is 5.54. The lowest BCUT2D eigenvalue weighted by molar-refractivity contribution is -0.275. The molecule has 1 rings (SSSR count). The molecule has 0 aliphatic carbocycles. The third kappa shape index (κ3) is 4.93. The zero-order valence-corrected chi connectivity index (χ0v) is 9.91. The summed E-state index contributed by atoms with van der Waals surface area (Å²) in [5, 5.41) is 9.80. The summed E-state index contributed by atoms with van der Waals surface area (Å²) in [5.74, 6) is -0.381. The van der Waals surface area contributed by atoms with Crippen molar-refractivity contribution in [3.63, 3.8) is 0 Å². The van der Waals surface area contributed by atoms with Gasteiger partial charge in [-0.15, -0.1) is 13.2 Å². The van der Waals surface area contributed by atoms with Crippen molar-refractivity contribution in [3.05, 3.63) is 29.8 Å². The lowest BCUT2D eigenvalue weighted by Crippen LogP contribution is -2.19. The fraction of sp³-hybridized carbons (Fsp3) is 0.500. The minimum atomic E-state index is -4.77. The van der Waals surface area contributed by atoms with Crippen molar-refractivity contribution in [3.8, 4) is 5.75 Å². The van der Waals surface area contributed by atoms with Crippen LogP contribution < -0.4 is 4.74 Å². The van der Waals surface area contributed by atoms with Gasteiger partial charge in [0.2, 0.25) is 0 Å². The van der Waals surface area contributed by atoms with Crippen LogP contribution in [0.3, 0.4) is 0 Å². The van der Waals surface area contributed by atoms with Gasteiger partial charge in [0.25, 0.3) is 0 Å². The van der Waals surface area contributed by atoms with E-state index in [-0.39, 0.29) is 24.3 Å². The molecule has 1 N–H and O–H groups in total. The minimum absolute atomic E-state index is 0.106. The molecule has 0 aliphatic heterocycles. The Bertz CT molecular complexity index is 366. The number of aliphatic hydroxyl groups excluding tert-OH is 1. The molecule has 0 spiro atoms. The molecular weight excluding hydrogens is 249 g/mol. The SMILES string of the molecule is CCOCCC(O)c1ccccc1OC(F)(F)F. The Morgan fingerprint density at radius 1 is 1.28 bits per heavy atom. The normalized spacial score (nSPS) is 13.4. The highest BCUT2D eigenvalue weighted by Crippen LogP contribution is 2.31. The fourth-order valence-corrected chi connectivity index (χ4v) is 1.47. The number of hydrogen-bond donors (Lipinski definition) is 1. The standard InChI is InChI=1S/C12H15F3O3/c1-2-17-8-7-10(16)9-5-3-4-6-11(9)18-12(13,14)15/h3-6,10,16H,2,7-8H2,1H3. The molecule has 1 aromatic rings. The van der Waals surface area contributed by atoms with E-state index in [0.717, 1.165) is 0 Å². The van der Waals surface area contributed by atoms with Crippen molar-refractivity contribution in [1.29, 1.82) is 0 Å². The monoisotopic (exact) mass is 264 g/mol. The molecule has 0 saturated carbocycles. The highest BCUT2D eigenvalue weighted by molar-refractivity contribution is 5.35. The first-order chi connectivity index (χ1) is 8.44. The summed E-state index contributed by atoms with van der Waals surface area (Å²) in [6, 6.07) is 5.53. The molecule has 1 atom stereocenters. The quantitative estimate of drug-likeness (QED) is 0.802. The Morgan fingerprint density at radius 3 is 2.56 bits per heavy atom. The van der Waals surface area contributed by atoms with E-state index in [1.807, 2.05) is 0 Å². The number of para-hydroxylation sites is 1. The molecule has 0 heterocycles. The van der Waals surface area contributed by atoms with E-state index in [0.29, 0.717) is 6.61 Å². The maximum Gasteiger partial charge on any atom is 0.573 e. The Balaban J connectivity index is 2.74. The summed E-state index contributed by atoms with van der Waals surface area (Å²) in [7, 11) is 0. The van der Waals surface area contributed by atoms with E-state index >= 15 is 0 Å². The number of alkyl halides is 3. The van der Waals surface area contributed by atoms with E-state index in [9.17, 15) is 18.3 Å². The van der Waals surface area contributed by atoms with E-state index in [1.54, 1.807) is 13.0 Å². The molecule has 3 nitrogen and oxygen atoms in total. The molecule has 0 radical (unpaired) electrons. The van der Waals surface area contributed by atoms with Crippen LogP contribution in [0.4, 0.5) is 13.2 Å². The number of benzene rings is 1. The van der Waals surface area contributed by atoms with Crippen molar-refractivity contribution in [1.82, 2.24) is 0 Å². The summed E-state index contributed by atoms with van der Waals surface area (Å²) in [6.07, 6.45) is -5.60. The van der Waals surface area contributed by atoms with Gasteiger partial charge in [-0.25, -0.2) is 0 Å². The van der Waals surface area contributed by atoms with Crippen molar-refractivity contribution in [2.75, 3.05) is 13.2 Å². The molecule has 0 bridgehead atoms. The van der Waals surface area contributed by atoms with E-state index in [1.165, 1.54) is 18.2 Å². The van der Waals surface area contributed by atoms with Crippen LogP contribution in [-0.2, 0) is 4.74 Å². The van der Waals surface area contributed by atoms with Crippen LogP contribution in [0.2, 0.25) is 0 Å². The van der Waals surface area contributed by atoms with Crippen molar-refractivity contribution < 1.29 is 27.8 Å². The third-order valence-electron chi connectivity index (χ3n) is 2.24. The average Bonchev–Trinajstić information content (AvgIpc) is 2.27. The summed E-state index contributed by atoms with van der Waals surface area (Å²) in [5.41, 5.74) is 0.106. The second kappa shape index (κ2) is 6.61. The molecule has 0 aliphatic rings. The summed E-state index contributed by atoms with van der Waals surface area (Å²) >= 11 is 0. The molecule has 0 amide bonds. The topological polar surface area (TPSA) is 38.7 Å². The first kappa shape index (κ1) is 14.8. The number of aliphatic hydroxyl groups is 1. The summed E-state index contributed by atoms with van der Waals surface area (Å²) in [6.45, 7) is 2.57. The van der Waals surface area contributed by atoms with Gasteiger partial charge >= 0.3 is 6.36 Å². The second-order valence-electron chi connectivity index (χ2n) is 3.59. The van der Waals surface area contributed by atoms with Gasteiger partial charge in [-0.05, 0) is 13.0 Å². The van der Waals surface area contributed by atoms with Crippen molar-refractivity contribution >= 4 is 0 Å².